The van der Waals surface area contributed by atoms with E-state index in [1.807, 2.05) is 13.8 Å². The first-order valence-corrected chi connectivity index (χ1v) is 6.56. The SMILES string of the molecule is CCCCNc1nc(C)cn1C(C)COCC. The fraction of sp³-hybridized carbons (Fsp3) is 0.769. The molecule has 0 amide bonds. The summed E-state index contributed by atoms with van der Waals surface area (Å²) < 4.78 is 7.63. The first kappa shape index (κ1) is 14.0. The maximum Gasteiger partial charge on any atom is 0.203 e. The molecule has 1 unspecified atom stereocenters. The van der Waals surface area contributed by atoms with Crippen LogP contribution in [0.2, 0.25) is 0 Å². The number of nitrogens with one attached hydrogen (secondary N) is 1. The van der Waals surface area contributed by atoms with Crippen LogP contribution < -0.4 is 5.32 Å². The number of hydrogen-bond acceptors (Lipinski definition) is 3. The van der Waals surface area contributed by atoms with Crippen molar-refractivity contribution in [2.45, 2.75) is 46.6 Å². The lowest BCUT2D eigenvalue weighted by Gasteiger charge is -2.16. The number of hydrogen-bond donors (Lipinski definition) is 1. The van der Waals surface area contributed by atoms with Crippen LogP contribution in [-0.4, -0.2) is 29.3 Å². The molecule has 1 rings (SSSR count). The standard InChI is InChI=1S/C13H25N3O/c1-5-7-8-14-13-15-11(3)9-16(13)12(4)10-17-6-2/h9,12H,5-8,10H2,1-4H3,(H,14,15). The summed E-state index contributed by atoms with van der Waals surface area (Å²) in [5, 5.41) is 3.39. The Bertz CT molecular complexity index is 322. The lowest BCUT2D eigenvalue weighted by molar-refractivity contribution is 0.119. The molecule has 0 aromatic carbocycles. The summed E-state index contributed by atoms with van der Waals surface area (Å²) in [6.07, 6.45) is 4.45. The van der Waals surface area contributed by atoms with Gasteiger partial charge in [-0.05, 0) is 27.2 Å². The molecule has 4 heteroatoms. The van der Waals surface area contributed by atoms with Gasteiger partial charge in [0.05, 0.1) is 18.3 Å². The fourth-order valence-electron chi connectivity index (χ4n) is 1.73. The monoisotopic (exact) mass is 239 g/mol. The van der Waals surface area contributed by atoms with Crippen LogP contribution in [0, 0.1) is 6.92 Å². The third-order valence-electron chi connectivity index (χ3n) is 2.70. The van der Waals surface area contributed by atoms with Crippen LogP contribution in [0.4, 0.5) is 5.95 Å². The molecular weight excluding hydrogens is 214 g/mol. The summed E-state index contributed by atoms with van der Waals surface area (Å²) in [5.74, 6) is 0.961. The average Bonchev–Trinajstić information content (AvgIpc) is 2.68. The first-order chi connectivity index (χ1) is 8.19. The maximum absolute atomic E-state index is 5.46. The number of rotatable bonds is 8. The van der Waals surface area contributed by atoms with Crippen molar-refractivity contribution < 1.29 is 4.74 Å². The van der Waals surface area contributed by atoms with E-state index in [1.54, 1.807) is 0 Å². The van der Waals surface area contributed by atoms with Gasteiger partial charge in [0.25, 0.3) is 0 Å². The van der Waals surface area contributed by atoms with Gasteiger partial charge in [-0.15, -0.1) is 0 Å². The molecule has 1 N–H and O–H groups in total. The molecule has 0 aliphatic carbocycles. The average molecular weight is 239 g/mol. The quantitative estimate of drug-likeness (QED) is 0.709. The highest BCUT2D eigenvalue weighted by molar-refractivity contribution is 5.29. The van der Waals surface area contributed by atoms with E-state index in [4.69, 9.17) is 4.74 Å². The van der Waals surface area contributed by atoms with Crippen molar-refractivity contribution in [1.82, 2.24) is 9.55 Å². The Morgan fingerprint density at radius 2 is 2.24 bits per heavy atom. The van der Waals surface area contributed by atoms with E-state index in [0.717, 1.165) is 31.4 Å². The topological polar surface area (TPSA) is 39.1 Å². The van der Waals surface area contributed by atoms with E-state index < -0.39 is 0 Å². The molecule has 17 heavy (non-hydrogen) atoms. The van der Waals surface area contributed by atoms with Crippen molar-refractivity contribution in [1.29, 1.82) is 0 Å². The highest BCUT2D eigenvalue weighted by Gasteiger charge is 2.11. The molecule has 0 spiro atoms. The summed E-state index contributed by atoms with van der Waals surface area (Å²) in [7, 11) is 0. The van der Waals surface area contributed by atoms with Crippen LogP contribution >= 0.6 is 0 Å². The fourth-order valence-corrected chi connectivity index (χ4v) is 1.73. The Balaban J connectivity index is 2.62. The Morgan fingerprint density at radius 1 is 1.47 bits per heavy atom. The minimum Gasteiger partial charge on any atom is -0.380 e. The third-order valence-corrected chi connectivity index (χ3v) is 2.70. The number of anilines is 1. The van der Waals surface area contributed by atoms with Gasteiger partial charge in [0.2, 0.25) is 5.95 Å². The van der Waals surface area contributed by atoms with Crippen LogP contribution in [0.15, 0.2) is 6.20 Å². The number of aryl methyl sites for hydroxylation is 1. The molecule has 1 aromatic heterocycles. The van der Waals surface area contributed by atoms with E-state index in [9.17, 15) is 0 Å². The molecule has 0 radical (unpaired) electrons. The first-order valence-electron chi connectivity index (χ1n) is 6.56. The van der Waals surface area contributed by atoms with E-state index in [-0.39, 0.29) is 0 Å². The predicted molar refractivity (Wildman–Crippen MR) is 71.6 cm³/mol. The summed E-state index contributed by atoms with van der Waals surface area (Å²) >= 11 is 0. The number of nitrogens with zero attached hydrogens (tertiary/aromatic N) is 2. The van der Waals surface area contributed by atoms with Gasteiger partial charge in [0.1, 0.15) is 0 Å². The van der Waals surface area contributed by atoms with Crippen LogP contribution in [0.1, 0.15) is 45.3 Å². The molecule has 0 saturated heterocycles. The molecule has 0 saturated carbocycles. The van der Waals surface area contributed by atoms with Gasteiger partial charge >= 0.3 is 0 Å². The van der Waals surface area contributed by atoms with Gasteiger partial charge in [0, 0.05) is 19.3 Å². The lowest BCUT2D eigenvalue weighted by atomic mass is 10.3. The molecule has 98 valence electrons. The smallest absolute Gasteiger partial charge is 0.203 e. The van der Waals surface area contributed by atoms with Gasteiger partial charge in [-0.2, -0.15) is 0 Å². The Morgan fingerprint density at radius 3 is 2.88 bits per heavy atom. The second kappa shape index (κ2) is 7.33. The summed E-state index contributed by atoms with van der Waals surface area (Å²) in [5.41, 5.74) is 1.05. The molecule has 1 aromatic rings. The van der Waals surface area contributed by atoms with Crippen LogP contribution in [0.3, 0.4) is 0 Å². The predicted octanol–water partition coefficient (Wildman–Crippen LogP) is 3.00. The highest BCUT2D eigenvalue weighted by atomic mass is 16.5. The molecule has 0 aliphatic rings. The largest absolute Gasteiger partial charge is 0.380 e. The Hall–Kier alpha value is -1.03. The van der Waals surface area contributed by atoms with Crippen molar-refractivity contribution in [3.63, 3.8) is 0 Å². The van der Waals surface area contributed by atoms with E-state index in [1.165, 1.54) is 12.8 Å². The normalized spacial score (nSPS) is 12.7. The van der Waals surface area contributed by atoms with Crippen molar-refractivity contribution in [2.24, 2.45) is 0 Å². The van der Waals surface area contributed by atoms with Crippen molar-refractivity contribution in [3.05, 3.63) is 11.9 Å². The Labute approximate surface area is 104 Å². The number of ether oxygens (including phenoxy) is 1. The van der Waals surface area contributed by atoms with Crippen molar-refractivity contribution >= 4 is 5.95 Å². The zero-order chi connectivity index (χ0) is 12.7. The second-order valence-electron chi connectivity index (χ2n) is 4.40. The minimum atomic E-state index is 0.320. The lowest BCUT2D eigenvalue weighted by Crippen LogP contribution is -2.15. The molecule has 0 fully saturated rings. The summed E-state index contributed by atoms with van der Waals surface area (Å²) in [6.45, 7) is 10.9. The zero-order valence-electron chi connectivity index (χ0n) is 11.5. The third kappa shape index (κ3) is 4.38. The number of aromatic nitrogens is 2. The van der Waals surface area contributed by atoms with E-state index in [0.29, 0.717) is 6.04 Å². The molecule has 0 aliphatic heterocycles. The molecule has 1 atom stereocenters. The molecule has 1 heterocycles. The summed E-state index contributed by atoms with van der Waals surface area (Å²) in [6, 6.07) is 0.320. The Kier molecular flexibility index (Phi) is 6.05. The van der Waals surface area contributed by atoms with Gasteiger partial charge < -0.3 is 14.6 Å². The molecule has 0 bridgehead atoms. The van der Waals surface area contributed by atoms with Crippen molar-refractivity contribution in [2.75, 3.05) is 25.1 Å². The molecular formula is C13H25N3O. The van der Waals surface area contributed by atoms with Crippen LogP contribution in [-0.2, 0) is 4.74 Å². The second-order valence-corrected chi connectivity index (χ2v) is 4.40. The number of imidazole rings is 1. The zero-order valence-corrected chi connectivity index (χ0v) is 11.5. The van der Waals surface area contributed by atoms with Gasteiger partial charge in [-0.1, -0.05) is 13.3 Å². The van der Waals surface area contributed by atoms with Crippen molar-refractivity contribution in [3.8, 4) is 0 Å². The van der Waals surface area contributed by atoms with E-state index >= 15 is 0 Å². The van der Waals surface area contributed by atoms with Gasteiger partial charge in [-0.25, -0.2) is 4.98 Å². The van der Waals surface area contributed by atoms with E-state index in [2.05, 4.69) is 34.9 Å². The highest BCUT2D eigenvalue weighted by Crippen LogP contribution is 2.16. The summed E-state index contributed by atoms with van der Waals surface area (Å²) in [4.78, 5) is 4.51. The number of unbranched alkanes of at least 4 members (excludes halogenated alkanes) is 1. The maximum atomic E-state index is 5.46. The van der Waals surface area contributed by atoms with Crippen LogP contribution in [0.25, 0.3) is 0 Å². The minimum absolute atomic E-state index is 0.320. The molecule has 4 nitrogen and oxygen atoms in total. The van der Waals surface area contributed by atoms with Gasteiger partial charge in [-0.3, -0.25) is 0 Å². The van der Waals surface area contributed by atoms with Gasteiger partial charge in [0.15, 0.2) is 0 Å². The van der Waals surface area contributed by atoms with Crippen LogP contribution in [0.5, 0.6) is 0 Å².